The Hall–Kier alpha value is -2.18. The zero-order chi connectivity index (χ0) is 22.5. The van der Waals surface area contributed by atoms with Crippen LogP contribution in [0.25, 0.3) is 0 Å². The number of thioether (sulfide) groups is 1. The third-order valence-electron chi connectivity index (χ3n) is 5.76. The molecule has 2 aliphatic heterocycles. The number of amides is 2. The van der Waals surface area contributed by atoms with Crippen LogP contribution < -0.4 is 4.90 Å². The highest BCUT2D eigenvalue weighted by Crippen LogP contribution is 2.55. The van der Waals surface area contributed by atoms with E-state index < -0.39 is 4.87 Å². The Morgan fingerprint density at radius 2 is 1.75 bits per heavy atom. The lowest BCUT2D eigenvalue weighted by Gasteiger charge is -2.33. The molecule has 1 spiro atoms. The molecule has 2 aliphatic rings. The van der Waals surface area contributed by atoms with Gasteiger partial charge in [-0.05, 0) is 48.0 Å². The monoisotopic (exact) mass is 502 g/mol. The predicted octanol–water partition coefficient (Wildman–Crippen LogP) is 6.24. The highest BCUT2D eigenvalue weighted by Gasteiger charge is 2.59. The molecule has 0 saturated carbocycles. The van der Waals surface area contributed by atoms with Gasteiger partial charge in [0.25, 0.3) is 11.8 Å². The summed E-state index contributed by atoms with van der Waals surface area (Å²) in [5, 5.41) is 1.57. The smallest absolute Gasteiger partial charge is 0.268 e. The van der Waals surface area contributed by atoms with Crippen molar-refractivity contribution < 1.29 is 9.59 Å². The normalized spacial score (nSPS) is 19.7. The zero-order valence-corrected chi connectivity index (χ0v) is 19.8. The molecule has 1 fully saturated rings. The molecule has 8 heteroatoms. The Bertz CT molecular complexity index is 1250. The number of hydrogen-bond acceptors (Lipinski definition) is 3. The molecule has 2 heterocycles. The topological polar surface area (TPSA) is 40.6 Å². The van der Waals surface area contributed by atoms with Gasteiger partial charge >= 0.3 is 0 Å². The van der Waals surface area contributed by atoms with Gasteiger partial charge in [-0.3, -0.25) is 9.59 Å². The highest BCUT2D eigenvalue weighted by molar-refractivity contribution is 8.01. The average molecular weight is 504 g/mol. The standard InChI is InChI=1S/C24H17Cl3N2O2S/c25-17-6-3-5-15(12-17)22(30)29-10-11-32-24(29)19-13-18(26)8-9-21(19)28(23(24)31)14-16-4-1-2-7-20(16)27/h1-9,12-13H,10-11,14H2/t24-/m1/s1. The van der Waals surface area contributed by atoms with Crippen LogP contribution in [0.3, 0.4) is 0 Å². The largest absolute Gasteiger partial charge is 0.311 e. The number of benzene rings is 3. The van der Waals surface area contributed by atoms with Gasteiger partial charge in [0, 0.05) is 38.5 Å². The fourth-order valence-corrected chi connectivity index (χ4v) is 6.33. The summed E-state index contributed by atoms with van der Waals surface area (Å²) in [5.41, 5.74) is 2.73. The summed E-state index contributed by atoms with van der Waals surface area (Å²) in [5.74, 6) is 0.216. The fourth-order valence-electron chi connectivity index (χ4n) is 4.32. The van der Waals surface area contributed by atoms with E-state index in [9.17, 15) is 9.59 Å². The summed E-state index contributed by atoms with van der Waals surface area (Å²) >= 11 is 20.3. The molecule has 2 amide bonds. The minimum atomic E-state index is -1.18. The van der Waals surface area contributed by atoms with Crippen LogP contribution in [0.5, 0.6) is 0 Å². The number of carbonyl (C=O) groups excluding carboxylic acids is 2. The molecule has 0 bridgehead atoms. The number of hydrogen-bond donors (Lipinski definition) is 0. The number of anilines is 1. The first kappa shape index (κ1) is 21.7. The van der Waals surface area contributed by atoms with Crippen LogP contribution in [0.15, 0.2) is 66.7 Å². The van der Waals surface area contributed by atoms with E-state index in [0.717, 1.165) is 16.8 Å². The van der Waals surface area contributed by atoms with Crippen molar-refractivity contribution in [1.82, 2.24) is 4.90 Å². The first-order chi connectivity index (χ1) is 15.4. The van der Waals surface area contributed by atoms with Gasteiger partial charge in [0.2, 0.25) is 0 Å². The van der Waals surface area contributed by atoms with Crippen LogP contribution in [0, 0.1) is 0 Å². The molecule has 162 valence electrons. The van der Waals surface area contributed by atoms with Crippen LogP contribution >= 0.6 is 46.6 Å². The van der Waals surface area contributed by atoms with Crippen molar-refractivity contribution in [2.75, 3.05) is 17.2 Å². The molecule has 0 aromatic heterocycles. The SMILES string of the molecule is O=C(c1cccc(Cl)c1)N1CCS[C@]12C(=O)N(Cc1ccccc1Cl)c1ccc(Cl)cc12. The fraction of sp³-hybridized carbons (Fsp3) is 0.167. The van der Waals surface area contributed by atoms with E-state index in [4.69, 9.17) is 34.8 Å². The predicted molar refractivity (Wildman–Crippen MR) is 131 cm³/mol. The Morgan fingerprint density at radius 1 is 0.969 bits per heavy atom. The van der Waals surface area contributed by atoms with E-state index in [1.807, 2.05) is 24.3 Å². The second-order valence-corrected chi connectivity index (χ2v) is 10.2. The van der Waals surface area contributed by atoms with E-state index in [1.54, 1.807) is 52.3 Å². The average Bonchev–Trinajstić information content (AvgIpc) is 3.32. The molecular formula is C24H17Cl3N2O2S. The van der Waals surface area contributed by atoms with Gasteiger partial charge < -0.3 is 9.80 Å². The van der Waals surface area contributed by atoms with Crippen LogP contribution in [-0.4, -0.2) is 29.0 Å². The van der Waals surface area contributed by atoms with E-state index in [-0.39, 0.29) is 11.8 Å². The Morgan fingerprint density at radius 3 is 2.53 bits per heavy atom. The second kappa shape index (κ2) is 8.31. The molecule has 0 radical (unpaired) electrons. The number of rotatable bonds is 3. The molecular weight excluding hydrogens is 487 g/mol. The lowest BCUT2D eigenvalue weighted by Crippen LogP contribution is -2.50. The van der Waals surface area contributed by atoms with Gasteiger partial charge in [0.05, 0.1) is 12.2 Å². The molecule has 1 atom stereocenters. The number of halogens is 3. The molecule has 0 aliphatic carbocycles. The molecule has 3 aromatic rings. The van der Waals surface area contributed by atoms with E-state index in [1.165, 1.54) is 11.8 Å². The summed E-state index contributed by atoms with van der Waals surface area (Å²) in [4.78, 5) is 29.7. The summed E-state index contributed by atoms with van der Waals surface area (Å²) in [6, 6.07) is 19.6. The van der Waals surface area contributed by atoms with Gasteiger partial charge in [-0.15, -0.1) is 11.8 Å². The Kier molecular flexibility index (Phi) is 5.62. The maximum absolute atomic E-state index is 14.0. The number of nitrogens with zero attached hydrogens (tertiary/aromatic N) is 2. The number of fused-ring (bicyclic) bond motifs is 2. The number of carbonyl (C=O) groups is 2. The van der Waals surface area contributed by atoms with Crippen LogP contribution in [0.2, 0.25) is 15.1 Å². The van der Waals surface area contributed by atoms with Gasteiger partial charge in [-0.1, -0.05) is 59.1 Å². The molecule has 1 saturated heterocycles. The Labute approximate surface area is 205 Å². The quantitative estimate of drug-likeness (QED) is 0.425. The van der Waals surface area contributed by atoms with Gasteiger partial charge in [-0.2, -0.15) is 0 Å². The summed E-state index contributed by atoms with van der Waals surface area (Å²) in [6.45, 7) is 0.738. The minimum Gasteiger partial charge on any atom is -0.311 e. The van der Waals surface area contributed by atoms with Crippen molar-refractivity contribution in [3.05, 3.63) is 98.5 Å². The van der Waals surface area contributed by atoms with Crippen molar-refractivity contribution in [2.45, 2.75) is 11.4 Å². The van der Waals surface area contributed by atoms with Crippen LogP contribution in [0.4, 0.5) is 5.69 Å². The first-order valence-electron chi connectivity index (χ1n) is 9.99. The highest BCUT2D eigenvalue weighted by atomic mass is 35.5. The maximum atomic E-state index is 14.0. The van der Waals surface area contributed by atoms with Crippen molar-refractivity contribution in [2.24, 2.45) is 0 Å². The second-order valence-electron chi connectivity index (χ2n) is 7.60. The summed E-state index contributed by atoms with van der Waals surface area (Å²) < 4.78 is 0. The van der Waals surface area contributed by atoms with Crippen LogP contribution in [-0.2, 0) is 16.2 Å². The molecule has 0 N–H and O–H groups in total. The lowest BCUT2D eigenvalue weighted by molar-refractivity contribution is -0.123. The van der Waals surface area contributed by atoms with Gasteiger partial charge in [0.1, 0.15) is 0 Å². The van der Waals surface area contributed by atoms with E-state index in [0.29, 0.717) is 39.5 Å². The summed E-state index contributed by atoms with van der Waals surface area (Å²) in [6.07, 6.45) is 0. The molecule has 3 aromatic carbocycles. The van der Waals surface area contributed by atoms with Crippen molar-refractivity contribution in [3.8, 4) is 0 Å². The molecule has 4 nitrogen and oxygen atoms in total. The summed E-state index contributed by atoms with van der Waals surface area (Å²) in [7, 11) is 0. The van der Waals surface area contributed by atoms with Crippen molar-refractivity contribution >= 4 is 64.1 Å². The van der Waals surface area contributed by atoms with Gasteiger partial charge in [-0.25, -0.2) is 0 Å². The third-order valence-corrected chi connectivity index (χ3v) is 8.02. The Balaban J connectivity index is 1.61. The maximum Gasteiger partial charge on any atom is 0.268 e. The lowest BCUT2D eigenvalue weighted by atomic mass is 10.0. The third kappa shape index (κ3) is 3.39. The molecule has 0 unspecified atom stereocenters. The van der Waals surface area contributed by atoms with Crippen LogP contribution in [0.1, 0.15) is 21.5 Å². The first-order valence-corrected chi connectivity index (χ1v) is 12.1. The minimum absolute atomic E-state index is 0.174. The molecule has 5 rings (SSSR count). The van der Waals surface area contributed by atoms with E-state index >= 15 is 0 Å². The van der Waals surface area contributed by atoms with Crippen molar-refractivity contribution in [1.29, 1.82) is 0 Å². The van der Waals surface area contributed by atoms with Gasteiger partial charge in [0.15, 0.2) is 4.87 Å². The van der Waals surface area contributed by atoms with E-state index in [2.05, 4.69) is 0 Å². The molecule has 32 heavy (non-hydrogen) atoms. The zero-order valence-electron chi connectivity index (χ0n) is 16.7. The van der Waals surface area contributed by atoms with Crippen molar-refractivity contribution in [3.63, 3.8) is 0 Å².